The van der Waals surface area contributed by atoms with Gasteiger partial charge in [-0.25, -0.2) is 14.4 Å². The lowest BCUT2D eigenvalue weighted by Crippen LogP contribution is -2.59. The second-order valence-corrected chi connectivity index (χ2v) is 9.89. The Labute approximate surface area is 247 Å². The van der Waals surface area contributed by atoms with Crippen LogP contribution in [0, 0.1) is 0 Å². The molecule has 2 rings (SSSR count). The standard InChI is InChI=1S/C27H40O16/c1-13(4-7-28)24(35)40-10-16-19(30)20(31)17(11-39-16)42-26(37)15(3)6-9-38-27-23(34)22(33)21(32)18(43-27)12-41-25(36)14(2)5-8-29/h16-23,27-34H,1-12H2/t16-,17-,18+,19+,20+,21+,22-,23+,27+/m0/s1. The summed E-state index contributed by atoms with van der Waals surface area (Å²) in [5.41, 5.74) is -0.127. The molecular weight excluding hydrogens is 580 g/mol. The second kappa shape index (κ2) is 17.5. The second-order valence-electron chi connectivity index (χ2n) is 9.89. The summed E-state index contributed by atoms with van der Waals surface area (Å²) in [6.45, 7) is 8.32. The minimum absolute atomic E-state index is 0.00298. The fourth-order valence-corrected chi connectivity index (χ4v) is 3.91. The SMILES string of the molecule is C=C(CCO)C(=O)OC[C@@H]1OC[C@H](OC(=O)C(=C)CCO[C@@H]2O[C@H](COC(=O)C(=C)CCO)[C@@H](O)[C@H](O)[C@H]2O)[C@@H](O)[C@@H]1O. The maximum atomic E-state index is 12.5. The molecular formula is C27H40O16. The van der Waals surface area contributed by atoms with Crippen LogP contribution < -0.4 is 0 Å². The zero-order chi connectivity index (χ0) is 32.3. The normalized spacial score (nSPS) is 30.6. The first kappa shape index (κ1) is 36.4. The van der Waals surface area contributed by atoms with E-state index in [9.17, 15) is 39.9 Å². The van der Waals surface area contributed by atoms with Gasteiger partial charge in [0, 0.05) is 49.2 Å². The average Bonchev–Trinajstić information content (AvgIpc) is 2.98. The molecule has 0 aromatic rings. The van der Waals surface area contributed by atoms with Crippen LogP contribution in [-0.4, -0.2) is 148 Å². The Morgan fingerprint density at radius 3 is 1.74 bits per heavy atom. The summed E-state index contributed by atoms with van der Waals surface area (Å²) in [6, 6.07) is 0. The Hall–Kier alpha value is -2.77. The van der Waals surface area contributed by atoms with Crippen molar-refractivity contribution in [1.82, 2.24) is 0 Å². The molecule has 244 valence electrons. The molecule has 0 amide bonds. The molecule has 2 aliphatic heterocycles. The van der Waals surface area contributed by atoms with Gasteiger partial charge in [0.1, 0.15) is 55.9 Å². The van der Waals surface area contributed by atoms with Crippen molar-refractivity contribution in [2.24, 2.45) is 0 Å². The first-order valence-electron chi connectivity index (χ1n) is 13.4. The van der Waals surface area contributed by atoms with Gasteiger partial charge in [-0.3, -0.25) is 0 Å². The van der Waals surface area contributed by atoms with Crippen LogP contribution in [0.5, 0.6) is 0 Å². The van der Waals surface area contributed by atoms with Crippen molar-refractivity contribution >= 4 is 17.9 Å². The summed E-state index contributed by atoms with van der Waals surface area (Å²) in [7, 11) is 0. The molecule has 2 heterocycles. The van der Waals surface area contributed by atoms with E-state index in [-0.39, 0.29) is 62.4 Å². The van der Waals surface area contributed by atoms with Crippen molar-refractivity contribution in [3.63, 3.8) is 0 Å². The molecule has 2 aliphatic rings. The van der Waals surface area contributed by atoms with Gasteiger partial charge in [-0.1, -0.05) is 19.7 Å². The molecule has 0 aliphatic carbocycles. The molecule has 0 bridgehead atoms. The van der Waals surface area contributed by atoms with Crippen LogP contribution in [0.15, 0.2) is 36.5 Å². The highest BCUT2D eigenvalue weighted by Gasteiger charge is 2.45. The van der Waals surface area contributed by atoms with Crippen molar-refractivity contribution in [1.29, 1.82) is 0 Å². The van der Waals surface area contributed by atoms with Crippen LogP contribution in [-0.2, 0) is 42.8 Å². The van der Waals surface area contributed by atoms with Crippen LogP contribution in [0.2, 0.25) is 0 Å². The Morgan fingerprint density at radius 2 is 1.19 bits per heavy atom. The van der Waals surface area contributed by atoms with Crippen LogP contribution in [0.25, 0.3) is 0 Å². The predicted molar refractivity (Wildman–Crippen MR) is 142 cm³/mol. The van der Waals surface area contributed by atoms with E-state index >= 15 is 0 Å². The van der Waals surface area contributed by atoms with E-state index < -0.39 is 86.2 Å². The Balaban J connectivity index is 1.80. The quantitative estimate of drug-likeness (QED) is 0.0508. The summed E-state index contributed by atoms with van der Waals surface area (Å²) in [5.74, 6) is -2.61. The summed E-state index contributed by atoms with van der Waals surface area (Å²) >= 11 is 0. The molecule has 9 atom stereocenters. The van der Waals surface area contributed by atoms with E-state index in [0.29, 0.717) is 0 Å². The van der Waals surface area contributed by atoms with Crippen LogP contribution >= 0.6 is 0 Å². The van der Waals surface area contributed by atoms with Crippen LogP contribution in [0.4, 0.5) is 0 Å². The zero-order valence-corrected chi connectivity index (χ0v) is 23.5. The minimum Gasteiger partial charge on any atom is -0.459 e. The molecule has 0 spiro atoms. The van der Waals surface area contributed by atoms with Crippen molar-refractivity contribution < 1.29 is 78.6 Å². The highest BCUT2D eigenvalue weighted by molar-refractivity contribution is 5.88. The number of hydrogen-bond donors (Lipinski definition) is 7. The van der Waals surface area contributed by atoms with Crippen molar-refractivity contribution in [3.05, 3.63) is 36.5 Å². The van der Waals surface area contributed by atoms with Crippen LogP contribution in [0.1, 0.15) is 19.3 Å². The molecule has 2 fully saturated rings. The van der Waals surface area contributed by atoms with E-state index in [1.54, 1.807) is 0 Å². The molecule has 16 nitrogen and oxygen atoms in total. The molecule has 2 saturated heterocycles. The molecule has 7 N–H and O–H groups in total. The number of ether oxygens (including phenoxy) is 6. The van der Waals surface area contributed by atoms with E-state index in [0.717, 1.165) is 0 Å². The van der Waals surface area contributed by atoms with Crippen LogP contribution in [0.3, 0.4) is 0 Å². The maximum Gasteiger partial charge on any atom is 0.333 e. The molecule has 43 heavy (non-hydrogen) atoms. The summed E-state index contributed by atoms with van der Waals surface area (Å²) in [5, 5.41) is 69.0. The summed E-state index contributed by atoms with van der Waals surface area (Å²) in [6.07, 6.45) is -13.6. The number of aliphatic hydroxyl groups is 7. The molecule has 0 saturated carbocycles. The lowest BCUT2D eigenvalue weighted by atomic mass is 9.99. The minimum atomic E-state index is -1.72. The van der Waals surface area contributed by atoms with Gasteiger partial charge in [0.2, 0.25) is 0 Å². The summed E-state index contributed by atoms with van der Waals surface area (Å²) in [4.78, 5) is 36.2. The third-order valence-electron chi connectivity index (χ3n) is 6.65. The lowest BCUT2D eigenvalue weighted by molar-refractivity contribution is -0.301. The lowest BCUT2D eigenvalue weighted by Gasteiger charge is -2.40. The highest BCUT2D eigenvalue weighted by Crippen LogP contribution is 2.24. The molecule has 0 aromatic carbocycles. The predicted octanol–water partition coefficient (Wildman–Crippen LogP) is -3.25. The van der Waals surface area contributed by atoms with Crippen molar-refractivity contribution in [3.8, 4) is 0 Å². The number of rotatable bonds is 16. The number of carbonyl (C=O) groups is 3. The Kier molecular flexibility index (Phi) is 14.8. The highest BCUT2D eigenvalue weighted by atomic mass is 16.7. The third kappa shape index (κ3) is 10.4. The van der Waals surface area contributed by atoms with Gasteiger partial charge in [-0.2, -0.15) is 0 Å². The third-order valence-corrected chi connectivity index (χ3v) is 6.65. The fraction of sp³-hybridized carbons (Fsp3) is 0.667. The van der Waals surface area contributed by atoms with Gasteiger partial charge < -0.3 is 64.2 Å². The first-order chi connectivity index (χ1) is 20.3. The first-order valence-corrected chi connectivity index (χ1v) is 13.4. The monoisotopic (exact) mass is 620 g/mol. The molecule has 16 heteroatoms. The molecule has 0 radical (unpaired) electrons. The number of hydrogen-bond acceptors (Lipinski definition) is 16. The van der Waals surface area contributed by atoms with Crippen molar-refractivity contribution in [2.45, 2.75) is 74.4 Å². The van der Waals surface area contributed by atoms with Gasteiger partial charge in [-0.15, -0.1) is 0 Å². The molecule has 0 unspecified atom stereocenters. The zero-order valence-electron chi connectivity index (χ0n) is 23.5. The average molecular weight is 621 g/mol. The molecule has 0 aromatic heterocycles. The van der Waals surface area contributed by atoms with E-state index in [2.05, 4.69) is 19.7 Å². The number of aliphatic hydroxyl groups excluding tert-OH is 7. The number of esters is 3. The number of carbonyl (C=O) groups excluding carboxylic acids is 3. The van der Waals surface area contributed by atoms with E-state index in [4.69, 9.17) is 38.6 Å². The van der Waals surface area contributed by atoms with Gasteiger partial charge >= 0.3 is 17.9 Å². The van der Waals surface area contributed by atoms with Gasteiger partial charge in [0.05, 0.1) is 13.2 Å². The Morgan fingerprint density at radius 1 is 0.674 bits per heavy atom. The van der Waals surface area contributed by atoms with Gasteiger partial charge in [0.15, 0.2) is 12.4 Å². The topological polar surface area (TPSA) is 248 Å². The van der Waals surface area contributed by atoms with Gasteiger partial charge in [0.25, 0.3) is 0 Å². The smallest absolute Gasteiger partial charge is 0.333 e. The van der Waals surface area contributed by atoms with Crippen molar-refractivity contribution in [2.75, 3.05) is 39.6 Å². The van der Waals surface area contributed by atoms with Gasteiger partial charge in [-0.05, 0) is 0 Å². The Bertz CT molecular complexity index is 997. The summed E-state index contributed by atoms with van der Waals surface area (Å²) < 4.78 is 31.3. The fourth-order valence-electron chi connectivity index (χ4n) is 3.91. The maximum absolute atomic E-state index is 12.5. The largest absolute Gasteiger partial charge is 0.459 e. The van der Waals surface area contributed by atoms with E-state index in [1.165, 1.54) is 0 Å². The van der Waals surface area contributed by atoms with E-state index in [1.807, 2.05) is 0 Å².